The summed E-state index contributed by atoms with van der Waals surface area (Å²) in [7, 11) is -6.66. The molecule has 42 heavy (non-hydrogen) atoms. The lowest BCUT2D eigenvalue weighted by molar-refractivity contribution is 0.0600. The highest BCUT2D eigenvalue weighted by molar-refractivity contribution is 7.89. The van der Waals surface area contributed by atoms with Gasteiger partial charge in [-0.25, -0.2) is 17.9 Å². The maximum Gasteiger partial charge on any atom is 0.337 e. The molecule has 0 bridgehead atoms. The summed E-state index contributed by atoms with van der Waals surface area (Å²) in [6.45, 7) is 22.5. The van der Waals surface area contributed by atoms with Crippen molar-refractivity contribution in [3.63, 3.8) is 0 Å². The SMILES string of the molecule is COC(=O)c1cccc(S(=O)(=O)N[C@H]2CC[C@@H](c3ccc(O[Si](C)(C)C(C)(C)C)cc3O[Si](C)(C)C(C)(C)C)CC2)c1. The lowest BCUT2D eigenvalue weighted by Gasteiger charge is -2.39. The summed E-state index contributed by atoms with van der Waals surface area (Å²) < 4.78 is 47.5. The van der Waals surface area contributed by atoms with E-state index in [2.05, 4.69) is 90.7 Å². The molecule has 1 saturated carbocycles. The molecule has 1 fully saturated rings. The van der Waals surface area contributed by atoms with E-state index in [4.69, 9.17) is 13.6 Å². The zero-order valence-electron chi connectivity index (χ0n) is 27.4. The molecule has 10 heteroatoms. The monoisotopic (exact) mass is 633 g/mol. The van der Waals surface area contributed by atoms with Crippen LogP contribution in [0.15, 0.2) is 47.4 Å². The number of methoxy groups -OCH3 is 1. The quantitative estimate of drug-likeness (QED) is 0.221. The maximum absolute atomic E-state index is 13.2. The fourth-order valence-corrected chi connectivity index (χ4v) is 8.00. The molecule has 0 amide bonds. The van der Waals surface area contributed by atoms with Crippen LogP contribution in [0.25, 0.3) is 0 Å². The first kappa shape index (κ1) is 34.3. The number of benzene rings is 2. The standard InChI is InChI=1S/C32H51NO6SSi2/c1-31(2,3)41(8,9)38-26-19-20-28(29(22-26)39-42(10,11)32(4,5)6)23-15-17-25(18-16-23)33-40(35,36)27-14-12-13-24(21-27)30(34)37-7/h12-14,19-23,25,33H,15-18H2,1-11H3/t23-,25+. The van der Waals surface area contributed by atoms with E-state index < -0.39 is 32.6 Å². The molecule has 3 rings (SSSR count). The van der Waals surface area contributed by atoms with Gasteiger partial charge in [0.1, 0.15) is 11.5 Å². The molecule has 234 valence electrons. The van der Waals surface area contributed by atoms with Gasteiger partial charge in [-0.3, -0.25) is 0 Å². The molecule has 1 aliphatic carbocycles. The molecule has 0 aliphatic heterocycles. The number of esters is 1. The average molecular weight is 634 g/mol. The van der Waals surface area contributed by atoms with E-state index in [1.54, 1.807) is 12.1 Å². The van der Waals surface area contributed by atoms with Gasteiger partial charge in [0.15, 0.2) is 0 Å². The fraction of sp³-hybridized carbons (Fsp3) is 0.594. The number of ether oxygens (including phenoxy) is 1. The third-order valence-corrected chi connectivity index (χ3v) is 19.6. The van der Waals surface area contributed by atoms with Gasteiger partial charge in [-0.05, 0) is 97.7 Å². The van der Waals surface area contributed by atoms with Crippen molar-refractivity contribution in [3.8, 4) is 11.5 Å². The highest BCUT2D eigenvalue weighted by Gasteiger charge is 2.41. The predicted octanol–water partition coefficient (Wildman–Crippen LogP) is 8.25. The average Bonchev–Trinajstić information content (AvgIpc) is 2.87. The van der Waals surface area contributed by atoms with E-state index in [0.29, 0.717) is 12.8 Å². The van der Waals surface area contributed by atoms with Gasteiger partial charge in [0.25, 0.3) is 0 Å². The van der Waals surface area contributed by atoms with E-state index in [-0.39, 0.29) is 32.5 Å². The van der Waals surface area contributed by atoms with Crippen LogP contribution < -0.4 is 13.6 Å². The maximum atomic E-state index is 13.2. The molecule has 1 N–H and O–H groups in total. The predicted molar refractivity (Wildman–Crippen MR) is 175 cm³/mol. The van der Waals surface area contributed by atoms with Crippen LogP contribution in [0.3, 0.4) is 0 Å². The summed E-state index contributed by atoms with van der Waals surface area (Å²) >= 11 is 0. The molecule has 0 heterocycles. The molecule has 0 spiro atoms. The zero-order chi connectivity index (χ0) is 31.7. The topological polar surface area (TPSA) is 90.9 Å². The lowest BCUT2D eigenvalue weighted by atomic mass is 9.81. The van der Waals surface area contributed by atoms with Crippen molar-refractivity contribution < 1.29 is 26.8 Å². The van der Waals surface area contributed by atoms with Crippen LogP contribution in [-0.4, -0.2) is 44.2 Å². The molecule has 7 nitrogen and oxygen atoms in total. The first-order valence-electron chi connectivity index (χ1n) is 14.9. The van der Waals surface area contributed by atoms with E-state index in [1.165, 1.54) is 24.8 Å². The van der Waals surface area contributed by atoms with Crippen LogP contribution in [0.5, 0.6) is 11.5 Å². The summed E-state index contributed by atoms with van der Waals surface area (Å²) in [6, 6.07) is 12.1. The van der Waals surface area contributed by atoms with E-state index in [9.17, 15) is 13.2 Å². The third-order valence-electron chi connectivity index (χ3n) is 9.39. The van der Waals surface area contributed by atoms with Crippen LogP contribution in [0, 0.1) is 0 Å². The summed E-state index contributed by atoms with van der Waals surface area (Å²) in [5.74, 6) is 1.45. The Morgan fingerprint density at radius 1 is 0.833 bits per heavy atom. The van der Waals surface area contributed by atoms with Gasteiger partial charge in [0.2, 0.25) is 26.7 Å². The van der Waals surface area contributed by atoms with Gasteiger partial charge in [-0.2, -0.15) is 0 Å². The van der Waals surface area contributed by atoms with Crippen LogP contribution in [0.1, 0.15) is 89.1 Å². The zero-order valence-corrected chi connectivity index (χ0v) is 30.2. The number of carbonyl (C=O) groups is 1. The smallest absolute Gasteiger partial charge is 0.337 e. The van der Waals surface area contributed by atoms with Crippen molar-refractivity contribution in [3.05, 3.63) is 53.6 Å². The van der Waals surface area contributed by atoms with Gasteiger partial charge in [-0.1, -0.05) is 53.7 Å². The Morgan fingerprint density at radius 2 is 1.40 bits per heavy atom. The van der Waals surface area contributed by atoms with Gasteiger partial charge in [0.05, 0.1) is 17.6 Å². The van der Waals surface area contributed by atoms with Crippen LogP contribution in [0.2, 0.25) is 36.3 Å². The number of nitrogens with one attached hydrogen (secondary N) is 1. The minimum absolute atomic E-state index is 0.0433. The Labute approximate surface area is 256 Å². The molecule has 0 radical (unpaired) electrons. The number of rotatable bonds is 9. The molecule has 0 saturated heterocycles. The largest absolute Gasteiger partial charge is 0.543 e. The Hall–Kier alpha value is -2.15. The van der Waals surface area contributed by atoms with Crippen LogP contribution in [-0.2, 0) is 14.8 Å². The molecular weight excluding hydrogens is 583 g/mol. The first-order chi connectivity index (χ1) is 19.2. The molecular formula is C32H51NO6SSi2. The second kappa shape index (κ2) is 12.5. The summed E-state index contributed by atoms with van der Waals surface area (Å²) in [6.07, 6.45) is 3.10. The van der Waals surface area contributed by atoms with Crippen molar-refractivity contribution >= 4 is 32.6 Å². The summed E-state index contributed by atoms with van der Waals surface area (Å²) in [5.41, 5.74) is 1.38. The highest BCUT2D eigenvalue weighted by atomic mass is 32.2. The Bertz CT molecular complexity index is 1370. The second-order valence-electron chi connectivity index (χ2n) is 14.6. The van der Waals surface area contributed by atoms with Crippen LogP contribution in [0.4, 0.5) is 0 Å². The molecule has 2 aromatic rings. The molecule has 1 aliphatic rings. The second-order valence-corrected chi connectivity index (χ2v) is 25.8. The van der Waals surface area contributed by atoms with Gasteiger partial charge < -0.3 is 13.6 Å². The molecule has 0 atom stereocenters. The molecule has 0 unspecified atom stereocenters. The number of carbonyl (C=O) groups excluding carboxylic acids is 1. The lowest BCUT2D eigenvalue weighted by Crippen LogP contribution is -2.44. The normalized spacial score (nSPS) is 18.8. The molecule has 2 aromatic carbocycles. The van der Waals surface area contributed by atoms with Crippen molar-refractivity contribution in [2.45, 2.75) is 120 Å². The van der Waals surface area contributed by atoms with Gasteiger partial charge in [0, 0.05) is 12.1 Å². The van der Waals surface area contributed by atoms with Crippen molar-refractivity contribution in [1.82, 2.24) is 4.72 Å². The van der Waals surface area contributed by atoms with Gasteiger partial charge in [-0.15, -0.1) is 0 Å². The Morgan fingerprint density at radius 3 is 1.95 bits per heavy atom. The first-order valence-corrected chi connectivity index (χ1v) is 22.2. The van der Waals surface area contributed by atoms with Crippen LogP contribution >= 0.6 is 0 Å². The Balaban J connectivity index is 1.82. The van der Waals surface area contributed by atoms with E-state index >= 15 is 0 Å². The number of hydrogen-bond acceptors (Lipinski definition) is 6. The Kier molecular flexibility index (Phi) is 10.2. The fourth-order valence-electron chi connectivity index (χ4n) is 4.60. The minimum Gasteiger partial charge on any atom is -0.543 e. The number of hydrogen-bond donors (Lipinski definition) is 1. The van der Waals surface area contributed by atoms with Crippen molar-refractivity contribution in [2.75, 3.05) is 7.11 Å². The van der Waals surface area contributed by atoms with Crippen molar-refractivity contribution in [1.29, 1.82) is 0 Å². The number of sulfonamides is 1. The van der Waals surface area contributed by atoms with Crippen molar-refractivity contribution in [2.24, 2.45) is 0 Å². The van der Waals surface area contributed by atoms with E-state index in [1.807, 2.05) is 0 Å². The highest BCUT2D eigenvalue weighted by Crippen LogP contribution is 2.45. The summed E-state index contributed by atoms with van der Waals surface area (Å²) in [4.78, 5) is 12.0. The van der Waals surface area contributed by atoms with Gasteiger partial charge >= 0.3 is 5.97 Å². The van der Waals surface area contributed by atoms with E-state index in [0.717, 1.165) is 24.3 Å². The minimum atomic E-state index is -3.78. The molecule has 0 aromatic heterocycles. The summed E-state index contributed by atoms with van der Waals surface area (Å²) in [5, 5.41) is 0.125. The third kappa shape index (κ3) is 8.06.